The Morgan fingerprint density at radius 2 is 0.896 bits per heavy atom. The molecule has 0 saturated carbocycles. The van der Waals surface area contributed by atoms with Crippen LogP contribution in [-0.4, -0.2) is 6.71 Å². The van der Waals surface area contributed by atoms with Gasteiger partial charge in [-0.05, 0) is 163 Å². The lowest BCUT2D eigenvalue weighted by molar-refractivity contribution is 0.590. The molecule has 2 aliphatic rings. The Kier molecular flexibility index (Phi) is 11.8. The summed E-state index contributed by atoms with van der Waals surface area (Å²) in [6, 6.07) is 61.7. The van der Waals surface area contributed by atoms with E-state index in [-0.39, 0.29) is 33.8 Å². The number of aryl methyl sites for hydroxylation is 1. The molecule has 0 radical (unpaired) electrons. The molecule has 6 heteroatoms. The summed E-state index contributed by atoms with van der Waals surface area (Å²) in [6.07, 6.45) is 0. The molecule has 8 aromatic carbocycles. The van der Waals surface area contributed by atoms with Crippen LogP contribution < -0.4 is 30.4 Å². The second-order valence-electron chi connectivity index (χ2n) is 27.3. The van der Waals surface area contributed by atoms with Crippen LogP contribution in [0.15, 0.2) is 158 Å². The summed E-state index contributed by atoms with van der Waals surface area (Å²) in [5.41, 5.74) is 21.6. The molecule has 0 unspecified atom stereocenters. The van der Waals surface area contributed by atoms with Crippen molar-refractivity contribution >= 4 is 127 Å². The van der Waals surface area contributed by atoms with Gasteiger partial charge in [0, 0.05) is 64.5 Å². The molecular weight excluding hydrogens is 970 g/mol. The van der Waals surface area contributed by atoms with E-state index in [2.05, 4.69) is 283 Å². The van der Waals surface area contributed by atoms with Crippen molar-refractivity contribution in [3.63, 3.8) is 0 Å². The fraction of sp³-hybridized carbons (Fsp3) is 0.296. The van der Waals surface area contributed by atoms with Gasteiger partial charge in [-0.2, -0.15) is 0 Å². The molecule has 77 heavy (non-hydrogen) atoms. The molecule has 0 fully saturated rings. The van der Waals surface area contributed by atoms with Gasteiger partial charge in [-0.15, -0.1) is 22.7 Å². The van der Waals surface area contributed by atoms with Crippen molar-refractivity contribution < 1.29 is 0 Å². The van der Waals surface area contributed by atoms with Gasteiger partial charge < -0.3 is 14.7 Å². The van der Waals surface area contributed by atoms with Gasteiger partial charge in [-0.25, -0.2) is 0 Å². The monoisotopic (exact) mass is 1040 g/mol. The van der Waals surface area contributed by atoms with Gasteiger partial charge >= 0.3 is 0 Å². The summed E-state index contributed by atoms with van der Waals surface area (Å²) < 4.78 is 5.29. The fourth-order valence-electron chi connectivity index (χ4n) is 12.0. The van der Waals surface area contributed by atoms with Crippen molar-refractivity contribution in [2.75, 3.05) is 14.7 Å². The van der Waals surface area contributed by atoms with E-state index >= 15 is 0 Å². The van der Waals surface area contributed by atoms with Crippen LogP contribution in [0.3, 0.4) is 0 Å². The van der Waals surface area contributed by atoms with Crippen LogP contribution in [0.1, 0.15) is 137 Å². The van der Waals surface area contributed by atoms with Crippen LogP contribution in [0.5, 0.6) is 0 Å². The van der Waals surface area contributed by atoms with E-state index in [9.17, 15) is 0 Å². The predicted molar refractivity (Wildman–Crippen MR) is 342 cm³/mol. The summed E-state index contributed by atoms with van der Waals surface area (Å²) in [7, 11) is 0. The summed E-state index contributed by atoms with van der Waals surface area (Å²) in [5.74, 6) is 0. The molecule has 3 nitrogen and oxygen atoms in total. The van der Waals surface area contributed by atoms with E-state index in [1.165, 1.54) is 119 Å². The topological polar surface area (TPSA) is 9.72 Å². The second kappa shape index (κ2) is 17.7. The molecule has 0 saturated heterocycles. The number of thiophene rings is 2. The lowest BCUT2D eigenvalue weighted by atomic mass is 9.36. The van der Waals surface area contributed by atoms with Crippen LogP contribution >= 0.6 is 22.7 Å². The number of hydrogen-bond acceptors (Lipinski definition) is 5. The largest absolute Gasteiger partial charge is 0.310 e. The summed E-state index contributed by atoms with van der Waals surface area (Å²) in [4.78, 5) is 7.80. The maximum Gasteiger partial charge on any atom is 0.264 e. The smallest absolute Gasteiger partial charge is 0.264 e. The van der Waals surface area contributed by atoms with E-state index in [1.54, 1.807) is 0 Å². The molecule has 0 bridgehead atoms. The first-order chi connectivity index (χ1) is 36.3. The molecule has 0 aliphatic carbocycles. The van der Waals surface area contributed by atoms with Crippen molar-refractivity contribution in [3.8, 4) is 0 Å². The van der Waals surface area contributed by atoms with Crippen molar-refractivity contribution in [2.24, 2.45) is 0 Å². The predicted octanol–water partition coefficient (Wildman–Crippen LogP) is 19.6. The molecule has 2 aliphatic heterocycles. The Balaban J connectivity index is 1.15. The maximum atomic E-state index is 2.66. The highest BCUT2D eigenvalue weighted by Gasteiger charge is 2.46. The first-order valence-electron chi connectivity index (χ1n) is 27.8. The number of benzene rings is 8. The standard InChI is InChI=1S/C71H74BN3S2/c1-43-39-58-63-59(40-43)75(57-37-36-56(62-52-19-17-18-20-60(52)76-65(57)62)73(49-29-21-44(22-30-49)67(2,3)4)50-31-23-45(24-32-50)68(5,6)7)55-35-27-48(71(14,15)16)42-54(55)72(63)66-64(53-41-47(70(11,12)13)28-38-61(53)77-66)74(58)51-33-25-46(26-34-51)69(8,9)10/h17-42H,1-16H3. The quantitative estimate of drug-likeness (QED) is 0.159. The van der Waals surface area contributed by atoms with Crippen LogP contribution in [-0.2, 0) is 27.1 Å². The molecular formula is C71H74BN3S2. The average Bonchev–Trinajstić information content (AvgIpc) is 4.10. The Morgan fingerprint density at radius 3 is 1.47 bits per heavy atom. The van der Waals surface area contributed by atoms with Crippen LogP contribution in [0.2, 0.25) is 0 Å². The van der Waals surface area contributed by atoms with E-state index in [4.69, 9.17) is 0 Å². The number of nitrogens with zero attached hydrogens (tertiary/aromatic N) is 3. The van der Waals surface area contributed by atoms with Crippen LogP contribution in [0, 0.1) is 6.92 Å². The minimum absolute atomic E-state index is 0.00362. The fourth-order valence-corrected chi connectivity index (χ4v) is 14.5. The van der Waals surface area contributed by atoms with Gasteiger partial charge in [0.1, 0.15) is 0 Å². The normalized spacial score (nSPS) is 13.9. The number of fused-ring (bicyclic) bond motifs is 9. The molecule has 2 aromatic heterocycles. The van der Waals surface area contributed by atoms with E-state index < -0.39 is 0 Å². The number of hydrogen-bond donors (Lipinski definition) is 0. The van der Waals surface area contributed by atoms with Crippen molar-refractivity contribution in [1.29, 1.82) is 0 Å². The third-order valence-electron chi connectivity index (χ3n) is 16.5. The van der Waals surface area contributed by atoms with Gasteiger partial charge in [0.05, 0.1) is 21.8 Å². The number of rotatable bonds is 5. The highest BCUT2D eigenvalue weighted by atomic mass is 32.1. The number of anilines is 9. The highest BCUT2D eigenvalue weighted by Crippen LogP contribution is 2.54. The lowest BCUT2D eigenvalue weighted by Crippen LogP contribution is -2.60. The molecule has 4 heterocycles. The zero-order chi connectivity index (χ0) is 54.5. The molecule has 0 N–H and O–H groups in total. The van der Waals surface area contributed by atoms with E-state index in [0.29, 0.717) is 0 Å². The molecule has 12 rings (SSSR count). The molecule has 0 spiro atoms. The Morgan fingerprint density at radius 1 is 0.416 bits per heavy atom. The van der Waals surface area contributed by atoms with Crippen molar-refractivity contribution in [3.05, 3.63) is 191 Å². The average molecular weight is 1040 g/mol. The zero-order valence-electron chi connectivity index (χ0n) is 48.2. The minimum atomic E-state index is -0.0592. The first kappa shape index (κ1) is 51.2. The third-order valence-corrected chi connectivity index (χ3v) is 18.9. The summed E-state index contributed by atoms with van der Waals surface area (Å²) in [5, 5.41) is 3.86. The minimum Gasteiger partial charge on any atom is -0.310 e. The summed E-state index contributed by atoms with van der Waals surface area (Å²) in [6.45, 7) is 37.1. The van der Waals surface area contributed by atoms with Gasteiger partial charge in [0.25, 0.3) is 6.71 Å². The van der Waals surface area contributed by atoms with Gasteiger partial charge in [0.2, 0.25) is 0 Å². The maximum absolute atomic E-state index is 2.66. The lowest BCUT2D eigenvalue weighted by Gasteiger charge is -2.44. The summed E-state index contributed by atoms with van der Waals surface area (Å²) >= 11 is 3.91. The Bertz CT molecular complexity index is 3890. The van der Waals surface area contributed by atoms with Crippen LogP contribution in [0.4, 0.5) is 51.2 Å². The molecule has 388 valence electrons. The van der Waals surface area contributed by atoms with Crippen molar-refractivity contribution in [2.45, 2.75) is 138 Å². The van der Waals surface area contributed by atoms with E-state index in [1.807, 2.05) is 22.7 Å². The van der Waals surface area contributed by atoms with Crippen molar-refractivity contribution in [1.82, 2.24) is 0 Å². The Labute approximate surface area is 467 Å². The van der Waals surface area contributed by atoms with Gasteiger partial charge in [0.15, 0.2) is 0 Å². The highest BCUT2D eigenvalue weighted by molar-refractivity contribution is 7.33. The Hall–Kier alpha value is -6.60. The first-order valence-corrected chi connectivity index (χ1v) is 29.4. The zero-order valence-corrected chi connectivity index (χ0v) is 49.9. The molecule has 0 atom stereocenters. The third kappa shape index (κ3) is 8.61. The molecule has 0 amide bonds. The molecule has 10 aromatic rings. The van der Waals surface area contributed by atoms with Gasteiger partial charge in [-0.1, -0.05) is 177 Å². The van der Waals surface area contributed by atoms with Gasteiger partial charge in [-0.3, -0.25) is 0 Å². The van der Waals surface area contributed by atoms with Crippen LogP contribution in [0.25, 0.3) is 30.3 Å². The van der Waals surface area contributed by atoms with E-state index in [0.717, 1.165) is 11.4 Å². The SMILES string of the molecule is Cc1cc2c3c(c1)N(c1ccc(N(c4ccc(C(C)(C)C)cc4)c4ccc(C(C)(C)C)cc4)c4c1sc1ccccc14)c1ccc(C(C)(C)C)cc1B3c1sc3ccc(C(C)(C)C)cc3c1N2c1ccc(C(C)(C)C)cc1. The second-order valence-corrected chi connectivity index (χ2v) is 29.4.